The SMILES string of the molecule is COc1ccc(CCc2cc3ccc4c(c3s2)-c2ccc3ccsc3c2-4)cc1. The Morgan fingerprint density at radius 1 is 0.750 bits per heavy atom. The zero-order valence-electron chi connectivity index (χ0n) is 15.5. The van der Waals surface area contributed by atoms with E-state index in [0.717, 1.165) is 18.6 Å². The van der Waals surface area contributed by atoms with Gasteiger partial charge >= 0.3 is 0 Å². The van der Waals surface area contributed by atoms with Crippen LogP contribution in [-0.2, 0) is 12.8 Å². The highest BCUT2D eigenvalue weighted by Crippen LogP contribution is 2.55. The Morgan fingerprint density at radius 2 is 1.50 bits per heavy atom. The second-order valence-electron chi connectivity index (χ2n) is 7.29. The van der Waals surface area contributed by atoms with Gasteiger partial charge in [-0.1, -0.05) is 36.4 Å². The van der Waals surface area contributed by atoms with E-state index in [1.165, 1.54) is 52.9 Å². The first-order valence-electron chi connectivity index (χ1n) is 9.51. The van der Waals surface area contributed by atoms with Gasteiger partial charge in [0.15, 0.2) is 0 Å². The molecule has 3 heteroatoms. The lowest BCUT2D eigenvalue weighted by Crippen LogP contribution is -1.98. The van der Waals surface area contributed by atoms with E-state index in [0.29, 0.717) is 0 Å². The average Bonchev–Trinajstić information content (AvgIpc) is 3.34. The monoisotopic (exact) mass is 398 g/mol. The number of benzene rings is 3. The first kappa shape index (κ1) is 16.3. The van der Waals surface area contributed by atoms with Gasteiger partial charge in [0.1, 0.15) is 5.75 Å². The zero-order chi connectivity index (χ0) is 18.7. The molecule has 2 heterocycles. The molecule has 0 radical (unpaired) electrons. The summed E-state index contributed by atoms with van der Waals surface area (Å²) < 4.78 is 8.14. The van der Waals surface area contributed by atoms with E-state index >= 15 is 0 Å². The van der Waals surface area contributed by atoms with Crippen molar-refractivity contribution >= 4 is 42.8 Å². The minimum Gasteiger partial charge on any atom is -0.497 e. The topological polar surface area (TPSA) is 9.23 Å². The highest BCUT2D eigenvalue weighted by molar-refractivity contribution is 7.20. The lowest BCUT2D eigenvalue weighted by molar-refractivity contribution is 0.414. The molecule has 0 fully saturated rings. The van der Waals surface area contributed by atoms with Crippen LogP contribution in [0.3, 0.4) is 0 Å². The summed E-state index contributed by atoms with van der Waals surface area (Å²) in [7, 11) is 1.71. The number of methoxy groups -OCH3 is 1. The number of fused-ring (bicyclic) bond motifs is 8. The van der Waals surface area contributed by atoms with Crippen molar-refractivity contribution in [2.45, 2.75) is 12.8 Å². The maximum absolute atomic E-state index is 5.26. The van der Waals surface area contributed by atoms with Crippen LogP contribution in [0.4, 0.5) is 0 Å². The van der Waals surface area contributed by atoms with Gasteiger partial charge in [-0.2, -0.15) is 0 Å². The fourth-order valence-electron chi connectivity index (χ4n) is 4.26. The molecule has 0 N–H and O–H groups in total. The molecule has 5 aromatic rings. The molecular formula is C25H18OS2. The van der Waals surface area contributed by atoms with Crippen LogP contribution in [0.25, 0.3) is 42.4 Å². The van der Waals surface area contributed by atoms with Crippen LogP contribution in [-0.4, -0.2) is 7.11 Å². The summed E-state index contributed by atoms with van der Waals surface area (Å²) in [5, 5.41) is 4.94. The first-order valence-corrected chi connectivity index (χ1v) is 11.2. The molecule has 3 aromatic carbocycles. The maximum Gasteiger partial charge on any atom is 0.118 e. The van der Waals surface area contributed by atoms with Crippen molar-refractivity contribution < 1.29 is 4.74 Å². The molecule has 136 valence electrons. The summed E-state index contributed by atoms with van der Waals surface area (Å²) in [6, 6.07) is 22.2. The summed E-state index contributed by atoms with van der Waals surface area (Å²) in [5.41, 5.74) is 7.14. The van der Waals surface area contributed by atoms with E-state index in [-0.39, 0.29) is 0 Å². The molecule has 0 aliphatic heterocycles. The molecule has 28 heavy (non-hydrogen) atoms. The highest BCUT2D eigenvalue weighted by Gasteiger charge is 2.28. The van der Waals surface area contributed by atoms with Crippen molar-refractivity contribution in [3.05, 3.63) is 76.5 Å². The molecule has 6 rings (SSSR count). The second-order valence-corrected chi connectivity index (χ2v) is 9.35. The van der Waals surface area contributed by atoms with Crippen molar-refractivity contribution in [2.75, 3.05) is 7.11 Å². The van der Waals surface area contributed by atoms with Gasteiger partial charge in [-0.15, -0.1) is 22.7 Å². The minimum absolute atomic E-state index is 0.920. The minimum atomic E-state index is 0.920. The van der Waals surface area contributed by atoms with Crippen LogP contribution < -0.4 is 4.74 Å². The van der Waals surface area contributed by atoms with E-state index in [2.05, 4.69) is 53.9 Å². The molecule has 0 amide bonds. The van der Waals surface area contributed by atoms with E-state index in [1.807, 2.05) is 34.8 Å². The van der Waals surface area contributed by atoms with Crippen LogP contribution in [0.2, 0.25) is 0 Å². The first-order chi connectivity index (χ1) is 13.8. The molecule has 1 aliphatic carbocycles. The molecule has 0 spiro atoms. The third-order valence-corrected chi connectivity index (χ3v) is 7.89. The number of hydrogen-bond donors (Lipinski definition) is 0. The molecule has 0 saturated heterocycles. The largest absolute Gasteiger partial charge is 0.497 e. The van der Waals surface area contributed by atoms with E-state index in [4.69, 9.17) is 4.74 Å². The van der Waals surface area contributed by atoms with E-state index in [1.54, 1.807) is 7.11 Å². The van der Waals surface area contributed by atoms with Crippen molar-refractivity contribution in [3.8, 4) is 28.0 Å². The fraction of sp³-hybridized carbons (Fsp3) is 0.120. The van der Waals surface area contributed by atoms with Gasteiger partial charge in [-0.3, -0.25) is 0 Å². The molecule has 0 saturated carbocycles. The predicted molar refractivity (Wildman–Crippen MR) is 122 cm³/mol. The van der Waals surface area contributed by atoms with Crippen molar-refractivity contribution in [3.63, 3.8) is 0 Å². The van der Waals surface area contributed by atoms with E-state index < -0.39 is 0 Å². The van der Waals surface area contributed by atoms with Crippen molar-refractivity contribution in [2.24, 2.45) is 0 Å². The molecular weight excluding hydrogens is 380 g/mol. The van der Waals surface area contributed by atoms with Gasteiger partial charge in [0, 0.05) is 25.4 Å². The fourth-order valence-corrected chi connectivity index (χ4v) is 6.44. The summed E-state index contributed by atoms with van der Waals surface area (Å²) in [4.78, 5) is 1.46. The summed E-state index contributed by atoms with van der Waals surface area (Å²) >= 11 is 3.82. The number of thiophene rings is 2. The van der Waals surface area contributed by atoms with Gasteiger partial charge in [0.2, 0.25) is 0 Å². The van der Waals surface area contributed by atoms with Crippen LogP contribution >= 0.6 is 22.7 Å². The Hall–Kier alpha value is -2.62. The summed E-state index contributed by atoms with van der Waals surface area (Å²) in [5.74, 6) is 0.920. The van der Waals surface area contributed by atoms with Crippen molar-refractivity contribution in [1.29, 1.82) is 0 Å². The summed E-state index contributed by atoms with van der Waals surface area (Å²) in [6.45, 7) is 0. The Labute approximate surface area is 171 Å². The number of aryl methyl sites for hydroxylation is 2. The maximum atomic E-state index is 5.26. The quantitative estimate of drug-likeness (QED) is 0.298. The standard InChI is InChI=1S/C25H18OS2/c1-26-18-7-2-15(3-8-18)4-9-19-14-17-6-11-21-22-20(23(21)25(17)28-19)10-5-16-12-13-27-24(16)22/h2-3,5-8,10-14H,4,9H2,1H3. The smallest absolute Gasteiger partial charge is 0.118 e. The Bertz CT molecular complexity index is 1340. The average molecular weight is 399 g/mol. The van der Waals surface area contributed by atoms with E-state index in [9.17, 15) is 0 Å². The molecule has 0 atom stereocenters. The highest BCUT2D eigenvalue weighted by atomic mass is 32.1. The van der Waals surface area contributed by atoms with Gasteiger partial charge < -0.3 is 4.74 Å². The lowest BCUT2D eigenvalue weighted by atomic mass is 9.79. The van der Waals surface area contributed by atoms with Crippen LogP contribution in [0, 0.1) is 0 Å². The predicted octanol–water partition coefficient (Wildman–Crippen LogP) is 7.56. The molecule has 1 aliphatic rings. The molecule has 2 aromatic heterocycles. The van der Waals surface area contributed by atoms with Crippen LogP contribution in [0.15, 0.2) is 66.0 Å². The van der Waals surface area contributed by atoms with Crippen LogP contribution in [0.1, 0.15) is 10.4 Å². The van der Waals surface area contributed by atoms with Gasteiger partial charge in [0.25, 0.3) is 0 Å². The Balaban J connectivity index is 1.34. The summed E-state index contributed by atoms with van der Waals surface area (Å²) in [6.07, 6.45) is 2.14. The molecule has 0 unspecified atom stereocenters. The number of hydrogen-bond acceptors (Lipinski definition) is 3. The lowest BCUT2D eigenvalue weighted by Gasteiger charge is -2.25. The van der Waals surface area contributed by atoms with Gasteiger partial charge in [0.05, 0.1) is 7.11 Å². The number of ether oxygens (including phenoxy) is 1. The van der Waals surface area contributed by atoms with Crippen LogP contribution in [0.5, 0.6) is 5.75 Å². The Kier molecular flexibility index (Phi) is 3.62. The molecule has 0 bridgehead atoms. The third kappa shape index (κ3) is 2.36. The Morgan fingerprint density at radius 3 is 2.29 bits per heavy atom. The van der Waals surface area contributed by atoms with Gasteiger partial charge in [-0.05, 0) is 69.9 Å². The van der Waals surface area contributed by atoms with Crippen molar-refractivity contribution in [1.82, 2.24) is 0 Å². The third-order valence-electron chi connectivity index (χ3n) is 5.72. The number of rotatable bonds is 4. The normalized spacial score (nSPS) is 12.0. The second kappa shape index (κ2) is 6.20. The zero-order valence-corrected chi connectivity index (χ0v) is 17.1. The molecule has 1 nitrogen and oxygen atoms in total. The van der Waals surface area contributed by atoms with Gasteiger partial charge in [-0.25, -0.2) is 0 Å².